The van der Waals surface area contributed by atoms with Crippen molar-refractivity contribution in [3.63, 3.8) is 0 Å². The molecule has 0 radical (unpaired) electrons. The summed E-state index contributed by atoms with van der Waals surface area (Å²) in [5.74, 6) is 0.872. The summed E-state index contributed by atoms with van der Waals surface area (Å²) in [5, 5.41) is 0. The van der Waals surface area contributed by atoms with Gasteiger partial charge in [0.1, 0.15) is 6.61 Å². The average molecular weight is 289 g/mol. The molecule has 0 atom stereocenters. The van der Waals surface area contributed by atoms with Gasteiger partial charge in [0.15, 0.2) is 0 Å². The molecule has 0 bridgehead atoms. The van der Waals surface area contributed by atoms with Crippen molar-refractivity contribution >= 4 is 15.9 Å². The lowest BCUT2D eigenvalue weighted by atomic mass is 10.0. The minimum absolute atomic E-state index is 0.203. The zero-order valence-electron chi connectivity index (χ0n) is 8.90. The number of likely N-dealkylation sites (tertiary alicyclic amines) is 1. The summed E-state index contributed by atoms with van der Waals surface area (Å²) in [7, 11) is 0. The zero-order valence-corrected chi connectivity index (χ0v) is 10.5. The van der Waals surface area contributed by atoms with Gasteiger partial charge in [-0.25, -0.2) is 4.98 Å². The van der Waals surface area contributed by atoms with Gasteiger partial charge in [0, 0.05) is 42.3 Å². The van der Waals surface area contributed by atoms with Gasteiger partial charge in [-0.1, -0.05) is 0 Å². The van der Waals surface area contributed by atoms with Crippen LogP contribution < -0.4 is 4.74 Å². The van der Waals surface area contributed by atoms with Crippen molar-refractivity contribution in [2.45, 2.75) is 0 Å². The Morgan fingerprint density at radius 3 is 2.94 bits per heavy atom. The minimum Gasteiger partial charge on any atom is -0.476 e. The standard InChI is InChI=1S/C11H14BrFN2O/c12-10-1-2-11(14-6-10)16-4-3-15-7-9(5-13)8-15/h1-2,6,9H,3-5,7-8H2. The predicted octanol–water partition coefficient (Wildman–Crippen LogP) is 2.12. The molecular weight excluding hydrogens is 275 g/mol. The van der Waals surface area contributed by atoms with Crippen molar-refractivity contribution in [2.75, 3.05) is 32.9 Å². The van der Waals surface area contributed by atoms with E-state index < -0.39 is 0 Å². The van der Waals surface area contributed by atoms with E-state index in [1.165, 1.54) is 0 Å². The van der Waals surface area contributed by atoms with Crippen LogP contribution in [0, 0.1) is 5.92 Å². The van der Waals surface area contributed by atoms with Crippen LogP contribution in [-0.4, -0.2) is 42.8 Å². The van der Waals surface area contributed by atoms with Crippen LogP contribution in [-0.2, 0) is 0 Å². The maximum atomic E-state index is 12.2. The zero-order chi connectivity index (χ0) is 11.4. The topological polar surface area (TPSA) is 25.4 Å². The van der Waals surface area contributed by atoms with E-state index in [1.54, 1.807) is 6.20 Å². The number of aromatic nitrogens is 1. The molecule has 2 heterocycles. The molecule has 3 nitrogen and oxygen atoms in total. The molecule has 0 aromatic carbocycles. The number of hydrogen-bond donors (Lipinski definition) is 0. The van der Waals surface area contributed by atoms with Crippen molar-refractivity contribution < 1.29 is 9.13 Å². The third-order valence-electron chi connectivity index (χ3n) is 2.61. The normalized spacial score (nSPS) is 17.1. The molecule has 0 spiro atoms. The highest BCUT2D eigenvalue weighted by atomic mass is 79.9. The Kier molecular flexibility index (Phi) is 4.12. The molecule has 1 aliphatic rings. The molecule has 1 aliphatic heterocycles. The number of rotatable bonds is 5. The quantitative estimate of drug-likeness (QED) is 0.830. The number of nitrogens with zero attached hydrogens (tertiary/aromatic N) is 2. The van der Waals surface area contributed by atoms with Gasteiger partial charge in [-0.05, 0) is 22.0 Å². The summed E-state index contributed by atoms with van der Waals surface area (Å²) in [6.45, 7) is 2.95. The van der Waals surface area contributed by atoms with E-state index in [2.05, 4.69) is 25.8 Å². The Hall–Kier alpha value is -0.680. The summed E-state index contributed by atoms with van der Waals surface area (Å²) in [4.78, 5) is 6.29. The smallest absolute Gasteiger partial charge is 0.213 e. The molecule has 0 N–H and O–H groups in total. The van der Waals surface area contributed by atoms with E-state index in [0.717, 1.165) is 24.1 Å². The van der Waals surface area contributed by atoms with Crippen molar-refractivity contribution in [1.82, 2.24) is 9.88 Å². The molecule has 88 valence electrons. The van der Waals surface area contributed by atoms with Gasteiger partial charge in [0.05, 0.1) is 6.67 Å². The van der Waals surface area contributed by atoms with Crippen LogP contribution in [0.4, 0.5) is 4.39 Å². The first-order valence-corrected chi connectivity index (χ1v) is 6.10. The molecule has 16 heavy (non-hydrogen) atoms. The second-order valence-corrected chi connectivity index (χ2v) is 4.86. The van der Waals surface area contributed by atoms with Gasteiger partial charge in [-0.3, -0.25) is 9.29 Å². The van der Waals surface area contributed by atoms with Gasteiger partial charge < -0.3 is 4.74 Å². The van der Waals surface area contributed by atoms with Gasteiger partial charge in [-0.2, -0.15) is 0 Å². The van der Waals surface area contributed by atoms with Crippen LogP contribution in [0.25, 0.3) is 0 Å². The Labute approximate surface area is 103 Å². The number of hydrogen-bond acceptors (Lipinski definition) is 3. The second kappa shape index (κ2) is 5.59. The first-order chi connectivity index (χ1) is 7.78. The average Bonchev–Trinajstić information content (AvgIpc) is 2.24. The Balaban J connectivity index is 1.63. The lowest BCUT2D eigenvalue weighted by Gasteiger charge is -2.37. The molecule has 1 saturated heterocycles. The molecule has 1 aromatic heterocycles. The van der Waals surface area contributed by atoms with E-state index in [9.17, 15) is 4.39 Å². The number of halogens is 2. The Morgan fingerprint density at radius 2 is 2.31 bits per heavy atom. The van der Waals surface area contributed by atoms with Crippen molar-refractivity contribution in [3.8, 4) is 5.88 Å². The van der Waals surface area contributed by atoms with Gasteiger partial charge in [0.2, 0.25) is 5.88 Å². The van der Waals surface area contributed by atoms with Crippen LogP contribution in [0.2, 0.25) is 0 Å². The Bertz CT molecular complexity index is 327. The van der Waals surface area contributed by atoms with Crippen molar-refractivity contribution in [2.24, 2.45) is 5.92 Å². The fourth-order valence-electron chi connectivity index (χ4n) is 1.68. The first-order valence-electron chi connectivity index (χ1n) is 5.30. The number of alkyl halides is 1. The highest BCUT2D eigenvalue weighted by Gasteiger charge is 2.25. The van der Waals surface area contributed by atoms with E-state index in [1.807, 2.05) is 12.1 Å². The largest absolute Gasteiger partial charge is 0.476 e. The maximum absolute atomic E-state index is 12.2. The summed E-state index contributed by atoms with van der Waals surface area (Å²) >= 11 is 3.31. The van der Waals surface area contributed by atoms with Crippen LogP contribution in [0.15, 0.2) is 22.8 Å². The Morgan fingerprint density at radius 1 is 1.50 bits per heavy atom. The maximum Gasteiger partial charge on any atom is 0.213 e. The monoisotopic (exact) mass is 288 g/mol. The summed E-state index contributed by atoms with van der Waals surface area (Å²) in [6.07, 6.45) is 1.71. The molecular formula is C11H14BrFN2O. The van der Waals surface area contributed by atoms with Crippen LogP contribution >= 0.6 is 15.9 Å². The lowest BCUT2D eigenvalue weighted by molar-refractivity contribution is 0.0661. The second-order valence-electron chi connectivity index (χ2n) is 3.94. The van der Waals surface area contributed by atoms with Gasteiger partial charge >= 0.3 is 0 Å². The molecule has 1 aromatic rings. The summed E-state index contributed by atoms with van der Waals surface area (Å²) in [5.41, 5.74) is 0. The summed E-state index contributed by atoms with van der Waals surface area (Å²) < 4.78 is 18.6. The lowest BCUT2D eigenvalue weighted by Crippen LogP contribution is -2.49. The van der Waals surface area contributed by atoms with Crippen LogP contribution in [0.5, 0.6) is 5.88 Å². The van der Waals surface area contributed by atoms with Crippen LogP contribution in [0.3, 0.4) is 0 Å². The highest BCUT2D eigenvalue weighted by Crippen LogP contribution is 2.15. The van der Waals surface area contributed by atoms with E-state index in [4.69, 9.17) is 4.74 Å². The molecule has 5 heteroatoms. The van der Waals surface area contributed by atoms with E-state index in [0.29, 0.717) is 12.5 Å². The number of pyridine rings is 1. The molecule has 0 amide bonds. The van der Waals surface area contributed by atoms with Gasteiger partial charge in [0.25, 0.3) is 0 Å². The van der Waals surface area contributed by atoms with Crippen molar-refractivity contribution in [3.05, 3.63) is 22.8 Å². The van der Waals surface area contributed by atoms with E-state index >= 15 is 0 Å². The first kappa shape index (κ1) is 11.8. The predicted molar refractivity (Wildman–Crippen MR) is 63.3 cm³/mol. The third kappa shape index (κ3) is 3.15. The molecule has 1 fully saturated rings. The van der Waals surface area contributed by atoms with Crippen molar-refractivity contribution in [1.29, 1.82) is 0 Å². The molecule has 0 saturated carbocycles. The molecule has 0 unspecified atom stereocenters. The van der Waals surface area contributed by atoms with Crippen LogP contribution in [0.1, 0.15) is 0 Å². The fraction of sp³-hybridized carbons (Fsp3) is 0.545. The molecule has 0 aliphatic carbocycles. The van der Waals surface area contributed by atoms with Gasteiger partial charge in [-0.15, -0.1) is 0 Å². The third-order valence-corrected chi connectivity index (χ3v) is 3.08. The van der Waals surface area contributed by atoms with E-state index in [-0.39, 0.29) is 12.6 Å². The highest BCUT2D eigenvalue weighted by molar-refractivity contribution is 9.10. The number of ether oxygens (including phenoxy) is 1. The SMILES string of the molecule is FCC1CN(CCOc2ccc(Br)cn2)C1. The molecule has 2 rings (SSSR count). The minimum atomic E-state index is -0.203. The fourth-order valence-corrected chi connectivity index (χ4v) is 1.92. The summed E-state index contributed by atoms with van der Waals surface area (Å²) in [6, 6.07) is 3.72.